The van der Waals surface area contributed by atoms with E-state index in [1.165, 1.54) is 0 Å². The highest BCUT2D eigenvalue weighted by atomic mass is 32.1. The van der Waals surface area contributed by atoms with Gasteiger partial charge in [0.1, 0.15) is 0 Å². The van der Waals surface area contributed by atoms with Gasteiger partial charge in [-0.05, 0) is 82.6 Å². The number of thiol groups is 12. The average Bonchev–Trinajstić information content (AvgIpc) is 3.14. The Morgan fingerprint density at radius 1 is 0.269 bits per heavy atom. The fraction of sp³-hybridized carbons (Fsp3) is 0.100. The van der Waals surface area contributed by atoms with E-state index < -0.39 is 10.8 Å². The zero-order chi connectivity index (χ0) is 37.9. The molecule has 6 rings (SSSR count). The smallest absolute Gasteiger partial charge is 0.0446 e. The lowest BCUT2D eigenvalue weighted by Crippen LogP contribution is -2.27. The maximum atomic E-state index is 4.94. The van der Waals surface area contributed by atoms with Crippen LogP contribution in [-0.2, 0) is 10.8 Å². The number of hydrogen-bond acceptors (Lipinski definition) is 12. The fourth-order valence-corrected chi connectivity index (χ4v) is 10.3. The van der Waals surface area contributed by atoms with Gasteiger partial charge in [-0.3, -0.25) is 0 Å². The van der Waals surface area contributed by atoms with Crippen LogP contribution in [0.15, 0.2) is 156 Å². The predicted octanol–water partition coefficient (Wildman–Crippen LogP) is 13.5. The SMILES string of the molecule is CC(c1ccc(-c2ccc(C(C)(c3ccc(S)c(S)c3S)c3ccc(S)c(S)c3S)cc2)cc1)(c1ccc(S)c(S)c1S)c1ccc(S)c(S)c1S. The molecule has 6 aromatic carbocycles. The van der Waals surface area contributed by atoms with E-state index in [9.17, 15) is 0 Å². The molecule has 0 unspecified atom stereocenters. The molecule has 266 valence electrons. The molecule has 0 radical (unpaired) electrons. The molecule has 52 heavy (non-hydrogen) atoms. The van der Waals surface area contributed by atoms with Crippen molar-refractivity contribution in [3.8, 4) is 11.1 Å². The Bertz CT molecular complexity index is 2070. The summed E-state index contributed by atoms with van der Waals surface area (Å²) in [5.74, 6) is 0. The van der Waals surface area contributed by atoms with Crippen molar-refractivity contribution in [3.63, 3.8) is 0 Å². The highest BCUT2D eigenvalue weighted by Gasteiger charge is 2.37. The Hall–Kier alpha value is -0.480. The van der Waals surface area contributed by atoms with Crippen molar-refractivity contribution in [3.05, 3.63) is 130 Å². The van der Waals surface area contributed by atoms with Gasteiger partial charge < -0.3 is 0 Å². The van der Waals surface area contributed by atoms with Gasteiger partial charge in [0.15, 0.2) is 0 Å². The summed E-state index contributed by atoms with van der Waals surface area (Å²) in [4.78, 5) is 8.89. The molecule has 0 aromatic heterocycles. The van der Waals surface area contributed by atoms with Crippen molar-refractivity contribution in [2.24, 2.45) is 0 Å². The van der Waals surface area contributed by atoms with Crippen LogP contribution in [-0.4, -0.2) is 0 Å². The van der Waals surface area contributed by atoms with Crippen LogP contribution in [0, 0.1) is 0 Å². The van der Waals surface area contributed by atoms with E-state index in [1.807, 2.05) is 24.3 Å². The van der Waals surface area contributed by atoms with Crippen molar-refractivity contribution in [2.75, 3.05) is 0 Å². The van der Waals surface area contributed by atoms with Crippen molar-refractivity contribution < 1.29 is 0 Å². The largest absolute Gasteiger partial charge is 0.142 e. The van der Waals surface area contributed by atoms with E-state index in [4.69, 9.17) is 101 Å². The molecule has 0 spiro atoms. The van der Waals surface area contributed by atoms with Gasteiger partial charge in [-0.1, -0.05) is 72.8 Å². The van der Waals surface area contributed by atoms with Gasteiger partial charge in [0.25, 0.3) is 0 Å². The van der Waals surface area contributed by atoms with Gasteiger partial charge in [0, 0.05) is 69.6 Å². The summed E-state index contributed by atoms with van der Waals surface area (Å²) < 4.78 is 0. The maximum absolute atomic E-state index is 4.94. The summed E-state index contributed by atoms with van der Waals surface area (Å²) in [6, 6.07) is 33.3. The first-order chi connectivity index (χ1) is 24.5. The first-order valence-electron chi connectivity index (χ1n) is 15.7. The van der Waals surface area contributed by atoms with Gasteiger partial charge in [-0.25, -0.2) is 0 Å². The molecule has 0 fully saturated rings. The summed E-state index contributed by atoms with van der Waals surface area (Å²) in [5, 5.41) is 0. The second kappa shape index (κ2) is 16.2. The average molecular weight is 900 g/mol. The van der Waals surface area contributed by atoms with Gasteiger partial charge in [0.05, 0.1) is 0 Å². The molecule has 0 aliphatic rings. The van der Waals surface area contributed by atoms with E-state index in [-0.39, 0.29) is 0 Å². The number of rotatable bonds is 7. The topological polar surface area (TPSA) is 0 Å². The monoisotopic (exact) mass is 898 g/mol. The molecule has 12 heteroatoms. The standard InChI is InChI=1S/C40H34S12/c1-39(23-11-15-27(41)35(49)31(23)45,24-12-16-28(42)36(50)32(24)46)21-7-3-19(4-8-21)20-5-9-22(10-6-20)40(2,25-13-17-29(43)37(51)33(25)47)26-14-18-30(44)38(52)34(26)48/h3-18,41-52H,1-2H3. The molecule has 0 N–H and O–H groups in total. The van der Waals surface area contributed by atoms with Gasteiger partial charge in [-0.2, -0.15) is 0 Å². The summed E-state index contributed by atoms with van der Waals surface area (Å²) in [5.41, 5.74) is 6.82. The minimum Gasteiger partial charge on any atom is -0.142 e. The minimum atomic E-state index is -0.658. The highest BCUT2D eigenvalue weighted by Crippen LogP contribution is 2.50. The first-order valence-corrected chi connectivity index (χ1v) is 21.1. The normalized spacial score (nSPS) is 12.0. The zero-order valence-electron chi connectivity index (χ0n) is 27.6. The zero-order valence-corrected chi connectivity index (χ0v) is 38.3. The van der Waals surface area contributed by atoms with E-state index in [0.29, 0.717) is 19.6 Å². The molecule has 0 heterocycles. The Balaban J connectivity index is 1.47. The third-order valence-corrected chi connectivity index (χ3v) is 16.6. The van der Waals surface area contributed by atoms with Crippen LogP contribution in [0.3, 0.4) is 0 Å². The van der Waals surface area contributed by atoms with Crippen molar-refractivity contribution in [2.45, 2.75) is 83.4 Å². The summed E-state index contributed by atoms with van der Waals surface area (Å²) >= 11 is 57.2. The summed E-state index contributed by atoms with van der Waals surface area (Å²) in [6.45, 7) is 4.36. The minimum absolute atomic E-state index is 0.658. The predicted molar refractivity (Wildman–Crippen MR) is 256 cm³/mol. The van der Waals surface area contributed by atoms with E-state index in [2.05, 4.69) is 137 Å². The molecule has 0 amide bonds. The molecular formula is C40H34S12. The number of hydrogen-bond donors (Lipinski definition) is 12. The summed E-state index contributed by atoms with van der Waals surface area (Å²) in [6.07, 6.45) is 0. The Morgan fingerprint density at radius 3 is 0.692 bits per heavy atom. The third-order valence-electron chi connectivity index (χ3n) is 9.93. The van der Waals surface area contributed by atoms with Gasteiger partial charge in [-0.15, -0.1) is 152 Å². The maximum Gasteiger partial charge on any atom is 0.0446 e. The van der Waals surface area contributed by atoms with Crippen molar-refractivity contribution in [1.82, 2.24) is 0 Å². The Morgan fingerprint density at radius 2 is 0.481 bits per heavy atom. The lowest BCUT2D eigenvalue weighted by Gasteiger charge is -2.35. The van der Waals surface area contributed by atoms with Crippen LogP contribution in [0.4, 0.5) is 0 Å². The third kappa shape index (κ3) is 7.17. The van der Waals surface area contributed by atoms with Crippen molar-refractivity contribution >= 4 is 152 Å². The molecule has 0 aliphatic heterocycles. The van der Waals surface area contributed by atoms with Crippen LogP contribution in [0.25, 0.3) is 11.1 Å². The van der Waals surface area contributed by atoms with Crippen LogP contribution in [0.1, 0.15) is 47.2 Å². The molecule has 0 bridgehead atoms. The van der Waals surface area contributed by atoms with Crippen LogP contribution >= 0.6 is 152 Å². The van der Waals surface area contributed by atoms with E-state index >= 15 is 0 Å². The van der Waals surface area contributed by atoms with E-state index in [0.717, 1.165) is 83.7 Å². The summed E-state index contributed by atoms with van der Waals surface area (Å²) in [7, 11) is 0. The van der Waals surface area contributed by atoms with Crippen LogP contribution < -0.4 is 0 Å². The highest BCUT2D eigenvalue weighted by molar-refractivity contribution is 7.86. The second-order valence-corrected chi connectivity index (χ2v) is 18.2. The fourth-order valence-electron chi connectivity index (χ4n) is 6.79. The quantitative estimate of drug-likeness (QED) is 0.0546. The lowest BCUT2D eigenvalue weighted by atomic mass is 9.70. The molecule has 6 aromatic rings. The second-order valence-electron chi connectivity index (χ2n) is 12.7. The van der Waals surface area contributed by atoms with Gasteiger partial charge in [0.2, 0.25) is 0 Å². The lowest BCUT2D eigenvalue weighted by molar-refractivity contribution is 0.648. The Kier molecular flexibility index (Phi) is 12.8. The van der Waals surface area contributed by atoms with Crippen LogP contribution in [0.2, 0.25) is 0 Å². The molecule has 0 aliphatic carbocycles. The van der Waals surface area contributed by atoms with Gasteiger partial charge >= 0.3 is 0 Å². The molecular weight excluding hydrogens is 865 g/mol. The van der Waals surface area contributed by atoms with Crippen LogP contribution in [0.5, 0.6) is 0 Å². The van der Waals surface area contributed by atoms with Crippen molar-refractivity contribution in [1.29, 1.82) is 0 Å². The number of benzene rings is 6. The Labute approximate surface area is 372 Å². The first kappa shape index (κ1) is 41.2. The molecule has 0 atom stereocenters. The van der Waals surface area contributed by atoms with E-state index in [1.54, 1.807) is 0 Å². The molecule has 0 saturated heterocycles. The molecule has 0 saturated carbocycles. The molecule has 0 nitrogen and oxygen atoms in total.